The van der Waals surface area contributed by atoms with E-state index in [2.05, 4.69) is 13.8 Å². The van der Waals surface area contributed by atoms with Crippen molar-refractivity contribution in [1.82, 2.24) is 0 Å². The molecule has 0 saturated heterocycles. The maximum atomic E-state index is 13.6. The second-order valence-corrected chi connectivity index (χ2v) is 11.7. The van der Waals surface area contributed by atoms with Crippen molar-refractivity contribution in [2.45, 2.75) is 71.3 Å². The van der Waals surface area contributed by atoms with Gasteiger partial charge in [0.1, 0.15) is 0 Å². The van der Waals surface area contributed by atoms with Gasteiger partial charge in [0.05, 0.1) is 16.1 Å². The third kappa shape index (κ3) is 3.05. The van der Waals surface area contributed by atoms with Crippen LogP contribution >= 0.6 is 23.2 Å². The Labute approximate surface area is 190 Å². The van der Waals surface area contributed by atoms with Crippen LogP contribution in [0.15, 0.2) is 23.8 Å². The Kier molecular flexibility index (Phi) is 5.16. The summed E-state index contributed by atoms with van der Waals surface area (Å²) in [5, 5.41) is 11.3. The first-order valence-electron chi connectivity index (χ1n) is 11.6. The SMILES string of the molecule is C[C@]12CC[C@H](O)C[C@@H]1CC[C@H]1[C@H]2CC[C@@]2(C)C(=O)/C(=C/c3cccc(Cl)c3Cl)C[C@H]12. The smallest absolute Gasteiger partial charge is 0.165 e. The van der Waals surface area contributed by atoms with Gasteiger partial charge in [-0.25, -0.2) is 0 Å². The van der Waals surface area contributed by atoms with E-state index in [1.165, 1.54) is 12.8 Å². The molecule has 5 rings (SSSR count). The van der Waals surface area contributed by atoms with Gasteiger partial charge in [-0.15, -0.1) is 0 Å². The lowest BCUT2D eigenvalue weighted by Crippen LogP contribution is -2.54. The number of aliphatic hydroxyl groups is 1. The molecule has 162 valence electrons. The van der Waals surface area contributed by atoms with Gasteiger partial charge in [-0.2, -0.15) is 0 Å². The molecular weight excluding hydrogens is 415 g/mol. The number of aliphatic hydroxyl groups excluding tert-OH is 1. The minimum Gasteiger partial charge on any atom is -0.393 e. The third-order valence-electron chi connectivity index (χ3n) is 9.59. The molecule has 0 aromatic heterocycles. The lowest BCUT2D eigenvalue weighted by Gasteiger charge is -2.59. The molecule has 0 amide bonds. The third-order valence-corrected chi connectivity index (χ3v) is 10.4. The Morgan fingerprint density at radius 1 is 1.07 bits per heavy atom. The van der Waals surface area contributed by atoms with E-state index in [1.54, 1.807) is 6.07 Å². The molecule has 0 heterocycles. The molecule has 4 aliphatic carbocycles. The molecule has 1 aromatic rings. The number of ketones is 1. The van der Waals surface area contributed by atoms with Crippen molar-refractivity contribution in [3.8, 4) is 0 Å². The number of benzene rings is 1. The number of rotatable bonds is 1. The Balaban J connectivity index is 1.46. The fourth-order valence-electron chi connectivity index (χ4n) is 7.85. The van der Waals surface area contributed by atoms with Crippen LogP contribution < -0.4 is 0 Å². The van der Waals surface area contributed by atoms with Crippen LogP contribution in [0.3, 0.4) is 0 Å². The van der Waals surface area contributed by atoms with E-state index in [1.807, 2.05) is 18.2 Å². The van der Waals surface area contributed by atoms with Crippen LogP contribution in [-0.4, -0.2) is 17.0 Å². The second kappa shape index (κ2) is 7.36. The maximum Gasteiger partial charge on any atom is 0.165 e. The predicted octanol–water partition coefficient (Wildman–Crippen LogP) is 6.96. The van der Waals surface area contributed by atoms with Gasteiger partial charge >= 0.3 is 0 Å². The monoisotopic (exact) mass is 446 g/mol. The van der Waals surface area contributed by atoms with Crippen LogP contribution in [-0.2, 0) is 4.79 Å². The number of carbonyl (C=O) groups is 1. The number of allylic oxidation sites excluding steroid dienone is 1. The molecule has 4 aliphatic rings. The lowest BCUT2D eigenvalue weighted by molar-refractivity contribution is -0.141. The normalized spacial score (nSPS) is 44.5. The van der Waals surface area contributed by atoms with Gasteiger partial charge in [0.2, 0.25) is 0 Å². The molecule has 0 spiro atoms. The number of halogens is 2. The molecule has 2 nitrogen and oxygen atoms in total. The first-order valence-corrected chi connectivity index (χ1v) is 12.4. The molecular formula is C26H32Cl2O2. The Morgan fingerprint density at radius 3 is 2.67 bits per heavy atom. The molecule has 4 saturated carbocycles. The van der Waals surface area contributed by atoms with Crippen LogP contribution in [0.2, 0.25) is 10.0 Å². The fraction of sp³-hybridized carbons (Fsp3) is 0.654. The molecule has 1 aromatic carbocycles. The highest BCUT2D eigenvalue weighted by Gasteiger charge is 2.61. The van der Waals surface area contributed by atoms with Crippen molar-refractivity contribution in [3.05, 3.63) is 39.4 Å². The van der Waals surface area contributed by atoms with Gasteiger partial charge in [0.15, 0.2) is 5.78 Å². The summed E-state index contributed by atoms with van der Waals surface area (Å²) in [6.07, 6.45) is 10.3. The summed E-state index contributed by atoms with van der Waals surface area (Å²) in [7, 11) is 0. The van der Waals surface area contributed by atoms with Gasteiger partial charge < -0.3 is 5.11 Å². The molecule has 30 heavy (non-hydrogen) atoms. The molecule has 1 N–H and O–H groups in total. The number of hydrogen-bond acceptors (Lipinski definition) is 2. The molecule has 0 bridgehead atoms. The summed E-state index contributed by atoms with van der Waals surface area (Å²) in [6, 6.07) is 5.62. The summed E-state index contributed by atoms with van der Waals surface area (Å²) in [5.74, 6) is 2.70. The molecule has 7 atom stereocenters. The molecule has 0 aliphatic heterocycles. The fourth-order valence-corrected chi connectivity index (χ4v) is 8.22. The van der Waals surface area contributed by atoms with E-state index in [-0.39, 0.29) is 11.5 Å². The van der Waals surface area contributed by atoms with Gasteiger partial charge in [-0.3, -0.25) is 4.79 Å². The lowest BCUT2D eigenvalue weighted by atomic mass is 9.45. The Hall–Kier alpha value is -0.830. The van der Waals surface area contributed by atoms with Crippen LogP contribution in [0, 0.1) is 34.5 Å². The van der Waals surface area contributed by atoms with Gasteiger partial charge in [0.25, 0.3) is 0 Å². The van der Waals surface area contributed by atoms with Crippen molar-refractivity contribution in [1.29, 1.82) is 0 Å². The quantitative estimate of drug-likeness (QED) is 0.473. The van der Waals surface area contributed by atoms with Gasteiger partial charge in [-0.1, -0.05) is 49.2 Å². The Bertz CT molecular complexity index is 908. The van der Waals surface area contributed by atoms with Crippen LogP contribution in [0.25, 0.3) is 6.08 Å². The van der Waals surface area contributed by atoms with Crippen molar-refractivity contribution >= 4 is 35.1 Å². The zero-order valence-corrected chi connectivity index (χ0v) is 19.5. The first kappa shape index (κ1) is 21.0. The molecule has 0 radical (unpaired) electrons. The van der Waals surface area contributed by atoms with E-state index in [0.717, 1.165) is 49.7 Å². The first-order chi connectivity index (χ1) is 14.2. The topological polar surface area (TPSA) is 37.3 Å². The minimum absolute atomic E-state index is 0.112. The molecule has 4 fully saturated rings. The highest BCUT2D eigenvalue weighted by molar-refractivity contribution is 6.43. The predicted molar refractivity (Wildman–Crippen MR) is 123 cm³/mol. The highest BCUT2D eigenvalue weighted by Crippen LogP contribution is 2.66. The second-order valence-electron chi connectivity index (χ2n) is 10.9. The average molecular weight is 447 g/mol. The summed E-state index contributed by atoms with van der Waals surface area (Å²) in [6.45, 7) is 4.71. The van der Waals surface area contributed by atoms with Crippen molar-refractivity contribution in [2.24, 2.45) is 34.5 Å². The van der Waals surface area contributed by atoms with E-state index in [9.17, 15) is 9.90 Å². The van der Waals surface area contributed by atoms with Crippen LogP contribution in [0.4, 0.5) is 0 Å². The maximum absolute atomic E-state index is 13.6. The molecule has 0 unspecified atom stereocenters. The summed E-state index contributed by atoms with van der Waals surface area (Å²) in [5.41, 5.74) is 1.87. The van der Waals surface area contributed by atoms with E-state index < -0.39 is 0 Å². The highest BCUT2D eigenvalue weighted by atomic mass is 35.5. The standard InChI is InChI=1S/C26H32Cl2O2/c1-25-10-8-18(29)14-17(25)6-7-19-20(25)9-11-26(2)21(19)13-16(24(26)30)12-15-4-3-5-22(27)23(15)28/h3-5,12,17-21,29H,6-11,13-14H2,1-2H3/b16-12+/t17-,18-,19-,20+,21+,25-,26+/m0/s1. The molecule has 4 heteroatoms. The van der Waals surface area contributed by atoms with Crippen LogP contribution in [0.5, 0.6) is 0 Å². The van der Waals surface area contributed by atoms with E-state index >= 15 is 0 Å². The average Bonchev–Trinajstić information content (AvgIpc) is 2.97. The van der Waals surface area contributed by atoms with Gasteiger partial charge in [0, 0.05) is 5.41 Å². The number of fused-ring (bicyclic) bond motifs is 5. The Morgan fingerprint density at radius 2 is 1.87 bits per heavy atom. The zero-order chi connectivity index (χ0) is 21.3. The van der Waals surface area contributed by atoms with E-state index in [0.29, 0.717) is 44.9 Å². The summed E-state index contributed by atoms with van der Waals surface area (Å²) in [4.78, 5) is 13.6. The van der Waals surface area contributed by atoms with Crippen molar-refractivity contribution < 1.29 is 9.90 Å². The van der Waals surface area contributed by atoms with Gasteiger partial charge in [-0.05, 0) is 104 Å². The minimum atomic E-state index is -0.241. The van der Waals surface area contributed by atoms with E-state index in [4.69, 9.17) is 23.2 Å². The number of hydrogen-bond donors (Lipinski definition) is 1. The zero-order valence-electron chi connectivity index (χ0n) is 18.0. The number of Topliss-reactive ketones (excluding diaryl/α,β-unsaturated/α-hetero) is 1. The van der Waals surface area contributed by atoms with Crippen molar-refractivity contribution in [3.63, 3.8) is 0 Å². The van der Waals surface area contributed by atoms with Crippen molar-refractivity contribution in [2.75, 3.05) is 0 Å². The van der Waals surface area contributed by atoms with Crippen LogP contribution in [0.1, 0.15) is 70.8 Å². The summed E-state index contributed by atoms with van der Waals surface area (Å²) < 4.78 is 0. The number of carbonyl (C=O) groups excluding carboxylic acids is 1. The largest absolute Gasteiger partial charge is 0.393 e. The summed E-state index contributed by atoms with van der Waals surface area (Å²) >= 11 is 12.6.